The highest BCUT2D eigenvalue weighted by molar-refractivity contribution is 5.85. The second kappa shape index (κ2) is 4.09. The molecule has 30 aliphatic rings. The van der Waals surface area contributed by atoms with Crippen LogP contribution in [-0.4, -0.2) is 0 Å². The van der Waals surface area contributed by atoms with Crippen LogP contribution in [0.1, 0.15) is 0 Å². The lowest BCUT2D eigenvalue weighted by Crippen LogP contribution is -3.00. The van der Waals surface area contributed by atoms with Gasteiger partial charge in [0.2, 0.25) is 0 Å². The summed E-state index contributed by atoms with van der Waals surface area (Å²) in [5.41, 5.74) is 4.62. The number of hydrogen-bond acceptors (Lipinski definition) is 0. The van der Waals surface area contributed by atoms with Crippen LogP contribution in [0.5, 0.6) is 0 Å². The molecule has 0 nitrogen and oxygen atoms in total. The van der Waals surface area contributed by atoms with Crippen LogP contribution in [0.4, 0.5) is 0 Å². The number of fused-ring (bicyclic) bond motifs is 40. The lowest BCUT2D eigenvalue weighted by molar-refractivity contribution is -0.565. The fourth-order valence-corrected chi connectivity index (χ4v) is 35.7. The van der Waals surface area contributed by atoms with Crippen molar-refractivity contribution in [2.75, 3.05) is 0 Å². The van der Waals surface area contributed by atoms with Crippen molar-refractivity contribution in [3.63, 3.8) is 0 Å². The molecule has 236 valence electrons. The molecule has 0 heterocycles. The zero-order chi connectivity index (χ0) is 27.4. The first kappa shape index (κ1) is 19.4. The van der Waals surface area contributed by atoms with Crippen molar-refractivity contribution in [3.8, 4) is 0 Å². The summed E-state index contributed by atoms with van der Waals surface area (Å²) in [5, 5.41) is 0. The molecule has 4 spiro atoms. The van der Waals surface area contributed by atoms with E-state index in [1.165, 1.54) is 260 Å². The SMILES string of the molecule is C12C3C1C1C2C31.C12C3C4C1C1C2C2C3C4C12.C12C3C4C1C1C2C3C41.C12C3C4C1C1C4C4C5C3C2C5C14.C12C3C4C5C1C16C2C32C3C1C56C432. The number of hydrogen-bond donors (Lipinski definition) is 0. The van der Waals surface area contributed by atoms with Gasteiger partial charge in [0.1, 0.15) is 0 Å². The largest absolute Gasteiger partial charge is 0.0312 e. The van der Waals surface area contributed by atoms with Crippen LogP contribution in [-0.2, 0) is 0 Å². The quantitative estimate of drug-likeness (QED) is 0.318. The first-order valence-electron chi connectivity index (χ1n) is 24.0. The molecule has 10 atom stereocenters. The first-order chi connectivity index (χ1) is 24.0. The lowest BCUT2D eigenvalue weighted by Gasteiger charge is -3.03. The maximum Gasteiger partial charge on any atom is -0.00930 e. The maximum absolute atomic E-state index is 1.39. The summed E-state index contributed by atoms with van der Waals surface area (Å²) >= 11 is 0. The second-order valence-corrected chi connectivity index (χ2v) is 28.5. The Hall–Kier alpha value is 0. The molecule has 30 aliphatic carbocycles. The highest BCUT2D eigenvalue weighted by Gasteiger charge is 3.40. The fraction of sp³-hybridized carbons (Fsp3) is 1.00. The van der Waals surface area contributed by atoms with Crippen molar-refractivity contribution in [1.82, 2.24) is 0 Å². The molecule has 0 aliphatic heterocycles. The molecule has 30 fully saturated rings. The van der Waals surface area contributed by atoms with E-state index in [4.69, 9.17) is 0 Å². The lowest BCUT2D eigenvalue weighted by atomic mass is 9.01. The smallest absolute Gasteiger partial charge is 0.00930 e. The van der Waals surface area contributed by atoms with Crippen molar-refractivity contribution in [1.29, 1.82) is 0 Å². The Labute approximate surface area is 281 Å². The molecule has 0 aromatic rings. The summed E-state index contributed by atoms with van der Waals surface area (Å²) in [6, 6.07) is 0. The second-order valence-electron chi connectivity index (χ2n) is 28.5. The summed E-state index contributed by atoms with van der Waals surface area (Å²) in [7, 11) is 0. The maximum atomic E-state index is 1.39. The van der Waals surface area contributed by atoms with E-state index in [1.807, 2.05) is 0 Å². The molecule has 0 N–H and O–H groups in total. The van der Waals surface area contributed by atoms with Gasteiger partial charge in [0.05, 0.1) is 0 Å². The van der Waals surface area contributed by atoms with Crippen LogP contribution >= 0.6 is 0 Å². The van der Waals surface area contributed by atoms with Gasteiger partial charge in [-0.05, 0) is 282 Å². The molecule has 10 unspecified atom stereocenters. The van der Waals surface area contributed by atoms with E-state index >= 15 is 0 Å². The predicted molar refractivity (Wildman–Crippen MR) is 163 cm³/mol. The summed E-state index contributed by atoms with van der Waals surface area (Å²) in [5.74, 6) is 59.0. The van der Waals surface area contributed by atoms with Gasteiger partial charge in [0.25, 0.3) is 0 Å². The van der Waals surface area contributed by atoms with Crippen molar-refractivity contribution in [2.45, 2.75) is 0 Å². The van der Waals surface area contributed by atoms with Gasteiger partial charge in [-0.25, -0.2) is 0 Å². The molecule has 48 heavy (non-hydrogen) atoms. The van der Waals surface area contributed by atoms with Crippen molar-refractivity contribution in [2.24, 2.45) is 282 Å². The predicted octanol–water partition coefficient (Wildman–Crippen LogP) is 5.41. The van der Waals surface area contributed by atoms with Crippen molar-refractivity contribution in [3.05, 3.63) is 0 Å². The summed E-state index contributed by atoms with van der Waals surface area (Å²) in [6.45, 7) is 0. The third kappa shape index (κ3) is 0.893. The topological polar surface area (TPSA) is 0 Å². The van der Waals surface area contributed by atoms with Gasteiger partial charge in [0, 0.05) is 0 Å². The average Bonchev–Trinajstić information content (AvgIpc) is 3.84. The van der Waals surface area contributed by atoms with E-state index in [1.54, 1.807) is 0 Å². The third-order valence-electron chi connectivity index (χ3n) is 33.6. The summed E-state index contributed by atoms with van der Waals surface area (Å²) in [6.07, 6.45) is 0. The Morgan fingerprint density at radius 1 is 0.146 bits per heavy atom. The van der Waals surface area contributed by atoms with Gasteiger partial charge >= 0.3 is 0 Å². The Kier molecular flexibility index (Phi) is 1.65. The monoisotopic (exact) mass is 620 g/mol. The van der Waals surface area contributed by atoms with Crippen LogP contribution in [0.15, 0.2) is 0 Å². The molecule has 0 heteroatoms. The molecule has 30 saturated carbocycles. The van der Waals surface area contributed by atoms with Crippen LogP contribution in [0.2, 0.25) is 0 Å². The van der Waals surface area contributed by atoms with E-state index in [-0.39, 0.29) is 0 Å². The molecule has 0 aromatic carbocycles. The first-order valence-corrected chi connectivity index (χ1v) is 24.0. The van der Waals surface area contributed by atoms with Crippen molar-refractivity contribution < 1.29 is 0 Å². The zero-order valence-electron chi connectivity index (χ0n) is 27.4. The van der Waals surface area contributed by atoms with E-state index < -0.39 is 0 Å². The minimum atomic E-state index is 1.15. The molecule has 0 aromatic heterocycles. The van der Waals surface area contributed by atoms with Gasteiger partial charge in [-0.2, -0.15) is 0 Å². The van der Waals surface area contributed by atoms with Gasteiger partial charge < -0.3 is 0 Å². The van der Waals surface area contributed by atoms with Gasteiger partial charge in [-0.15, -0.1) is 0 Å². The summed E-state index contributed by atoms with van der Waals surface area (Å²) < 4.78 is 0. The Morgan fingerprint density at radius 3 is 0.479 bits per heavy atom. The van der Waals surface area contributed by atoms with Crippen LogP contribution in [0.25, 0.3) is 0 Å². The minimum Gasteiger partial charge on any atom is -0.0312 e. The molecule has 0 amide bonds. The van der Waals surface area contributed by atoms with E-state index in [0.29, 0.717) is 0 Å². The zero-order valence-corrected chi connectivity index (χ0v) is 27.4. The van der Waals surface area contributed by atoms with Gasteiger partial charge in [-0.1, -0.05) is 0 Å². The Balaban J connectivity index is 0.0000000519. The molecule has 0 radical (unpaired) electrons. The van der Waals surface area contributed by atoms with Crippen LogP contribution < -0.4 is 0 Å². The normalized spacial score (nSPS) is 115. The fourth-order valence-electron chi connectivity index (χ4n) is 35.7. The van der Waals surface area contributed by atoms with E-state index in [2.05, 4.69) is 0 Å². The molecular weight excluding hydrogens is 577 g/mol. The van der Waals surface area contributed by atoms with Crippen LogP contribution in [0.3, 0.4) is 0 Å². The molecular formula is C48H44. The molecule has 0 saturated heterocycles. The Bertz CT molecular complexity index is 1650. The van der Waals surface area contributed by atoms with Gasteiger partial charge in [-0.3, -0.25) is 0 Å². The molecule has 0 bridgehead atoms. The van der Waals surface area contributed by atoms with Crippen molar-refractivity contribution >= 4 is 0 Å². The summed E-state index contributed by atoms with van der Waals surface area (Å²) in [4.78, 5) is 0. The third-order valence-corrected chi connectivity index (χ3v) is 33.6. The average molecular weight is 621 g/mol. The van der Waals surface area contributed by atoms with Gasteiger partial charge in [0.15, 0.2) is 0 Å². The number of rotatable bonds is 0. The minimum absolute atomic E-state index is 1.15. The highest BCUT2D eigenvalue weighted by Crippen LogP contribution is 3.42. The highest BCUT2D eigenvalue weighted by atomic mass is 15.4. The molecule has 30 rings (SSSR count). The Morgan fingerprint density at radius 2 is 0.312 bits per heavy atom. The standard InChI is InChI=1S/C12H8.C12H12.C10H10.C8H8.C6H6/c1-2-4-5-3(1)10-6(1)9(2)7-8(10)12(5,10)11(4,7)9;1-2-5-3(1)7-9(5)12-10-6(2)4(1)8(10)11(7)12;1-2-5-3(1)7-8-4(1)6(2)10(8)9(5)7;1-2-5-3(1)7-4(1)6(2)8(5)7;1-2-3(1)6-4(1)5(2)6/h1-8H;1-12H;1-10H;1-8H;1-6H. The van der Waals surface area contributed by atoms with E-state index in [0.717, 1.165) is 21.7 Å². The van der Waals surface area contributed by atoms with E-state index in [9.17, 15) is 0 Å². The van der Waals surface area contributed by atoms with Crippen LogP contribution in [0, 0.1) is 282 Å².